The van der Waals surface area contributed by atoms with Gasteiger partial charge in [-0.1, -0.05) is 28.1 Å². The zero-order chi connectivity index (χ0) is 11.8. The molecule has 17 heavy (non-hydrogen) atoms. The summed E-state index contributed by atoms with van der Waals surface area (Å²) in [6, 6.07) is 7.92. The summed E-state index contributed by atoms with van der Waals surface area (Å²) in [6.45, 7) is 5.77. The fourth-order valence-electron chi connectivity index (χ4n) is 3.21. The standard InChI is InChI=1S/C14H19BrN2/c1-10-9-17(8-7-16-10)14-6-5-11-12(14)3-2-4-13(11)15/h2-4,10,14,16H,5-9H2,1H3. The van der Waals surface area contributed by atoms with E-state index in [-0.39, 0.29) is 0 Å². The van der Waals surface area contributed by atoms with Crippen molar-refractivity contribution in [3.63, 3.8) is 0 Å². The molecule has 2 unspecified atom stereocenters. The number of nitrogens with zero attached hydrogens (tertiary/aromatic N) is 1. The highest BCUT2D eigenvalue weighted by atomic mass is 79.9. The number of nitrogens with one attached hydrogen (secondary N) is 1. The van der Waals surface area contributed by atoms with Gasteiger partial charge in [0.2, 0.25) is 0 Å². The van der Waals surface area contributed by atoms with E-state index in [1.165, 1.54) is 36.0 Å². The number of piperazine rings is 1. The van der Waals surface area contributed by atoms with E-state index in [9.17, 15) is 0 Å². The van der Waals surface area contributed by atoms with Crippen LogP contribution in [0, 0.1) is 0 Å². The van der Waals surface area contributed by atoms with Gasteiger partial charge < -0.3 is 5.32 Å². The molecule has 2 atom stereocenters. The minimum atomic E-state index is 0.625. The van der Waals surface area contributed by atoms with Gasteiger partial charge in [0, 0.05) is 36.2 Å². The first-order chi connectivity index (χ1) is 8.25. The van der Waals surface area contributed by atoms with Gasteiger partial charge >= 0.3 is 0 Å². The lowest BCUT2D eigenvalue weighted by Crippen LogP contribution is -2.49. The van der Waals surface area contributed by atoms with Gasteiger partial charge in [-0.15, -0.1) is 0 Å². The Labute approximate surface area is 112 Å². The topological polar surface area (TPSA) is 15.3 Å². The lowest BCUT2D eigenvalue weighted by atomic mass is 10.1. The summed E-state index contributed by atoms with van der Waals surface area (Å²) in [5.41, 5.74) is 3.08. The number of hydrogen-bond donors (Lipinski definition) is 1. The second kappa shape index (κ2) is 4.71. The van der Waals surface area contributed by atoms with Crippen molar-refractivity contribution in [2.75, 3.05) is 19.6 Å². The molecule has 0 aromatic heterocycles. The van der Waals surface area contributed by atoms with Crippen molar-refractivity contribution < 1.29 is 0 Å². The Morgan fingerprint density at radius 1 is 1.41 bits per heavy atom. The van der Waals surface area contributed by atoms with E-state index in [1.807, 2.05) is 0 Å². The molecule has 1 aromatic carbocycles. The minimum absolute atomic E-state index is 0.625. The Morgan fingerprint density at radius 3 is 3.12 bits per heavy atom. The monoisotopic (exact) mass is 294 g/mol. The molecule has 1 aliphatic carbocycles. The van der Waals surface area contributed by atoms with Gasteiger partial charge in [-0.25, -0.2) is 0 Å². The molecule has 0 saturated carbocycles. The second-order valence-corrected chi connectivity index (χ2v) is 6.07. The van der Waals surface area contributed by atoms with Crippen LogP contribution in [0.4, 0.5) is 0 Å². The summed E-state index contributed by atoms with van der Waals surface area (Å²) in [5.74, 6) is 0. The normalized spacial score (nSPS) is 29.3. The molecular formula is C14H19BrN2. The molecular weight excluding hydrogens is 276 g/mol. The maximum atomic E-state index is 3.68. The van der Waals surface area contributed by atoms with Crippen LogP contribution in [0.25, 0.3) is 0 Å². The van der Waals surface area contributed by atoms with Crippen molar-refractivity contribution in [1.29, 1.82) is 0 Å². The molecule has 3 heteroatoms. The Morgan fingerprint density at radius 2 is 2.29 bits per heavy atom. The van der Waals surface area contributed by atoms with Crippen LogP contribution >= 0.6 is 15.9 Å². The van der Waals surface area contributed by atoms with Crippen LogP contribution in [0.5, 0.6) is 0 Å². The molecule has 0 radical (unpaired) electrons. The lowest BCUT2D eigenvalue weighted by molar-refractivity contribution is 0.148. The summed E-state index contributed by atoms with van der Waals surface area (Å²) in [7, 11) is 0. The van der Waals surface area contributed by atoms with E-state index in [1.54, 1.807) is 5.56 Å². The van der Waals surface area contributed by atoms with Gasteiger partial charge in [-0.05, 0) is 37.0 Å². The Hall–Kier alpha value is -0.380. The third kappa shape index (κ3) is 2.16. The van der Waals surface area contributed by atoms with Crippen LogP contribution in [0.3, 0.4) is 0 Å². The number of hydrogen-bond acceptors (Lipinski definition) is 2. The van der Waals surface area contributed by atoms with Gasteiger partial charge in [0.15, 0.2) is 0 Å². The Balaban J connectivity index is 1.85. The van der Waals surface area contributed by atoms with Crippen LogP contribution in [0.1, 0.15) is 30.5 Å². The first-order valence-electron chi connectivity index (χ1n) is 6.50. The van der Waals surface area contributed by atoms with Crippen LogP contribution in [0.15, 0.2) is 22.7 Å². The summed E-state index contributed by atoms with van der Waals surface area (Å²) in [5, 5.41) is 3.52. The third-order valence-electron chi connectivity index (χ3n) is 4.02. The fraction of sp³-hybridized carbons (Fsp3) is 0.571. The molecule has 1 N–H and O–H groups in total. The van der Waals surface area contributed by atoms with Gasteiger partial charge in [-0.2, -0.15) is 0 Å². The van der Waals surface area contributed by atoms with Crippen LogP contribution in [-0.2, 0) is 6.42 Å². The Kier molecular flexibility index (Phi) is 3.24. The van der Waals surface area contributed by atoms with Crippen LogP contribution < -0.4 is 5.32 Å². The zero-order valence-electron chi connectivity index (χ0n) is 10.2. The van der Waals surface area contributed by atoms with Gasteiger partial charge in [0.05, 0.1) is 0 Å². The Bertz CT molecular complexity index is 419. The SMILES string of the molecule is CC1CN(C2CCc3c(Br)cccc32)CCN1. The molecule has 1 fully saturated rings. The first-order valence-corrected chi connectivity index (χ1v) is 7.29. The quantitative estimate of drug-likeness (QED) is 0.857. The van der Waals surface area contributed by atoms with Crippen LogP contribution in [-0.4, -0.2) is 30.6 Å². The molecule has 0 spiro atoms. The van der Waals surface area contributed by atoms with Crippen molar-refractivity contribution in [3.05, 3.63) is 33.8 Å². The largest absolute Gasteiger partial charge is 0.312 e. The highest BCUT2D eigenvalue weighted by molar-refractivity contribution is 9.10. The van der Waals surface area contributed by atoms with E-state index in [0.717, 1.165) is 6.54 Å². The van der Waals surface area contributed by atoms with Crippen LogP contribution in [0.2, 0.25) is 0 Å². The highest BCUT2D eigenvalue weighted by Crippen LogP contribution is 2.39. The maximum absolute atomic E-state index is 3.68. The van der Waals surface area contributed by atoms with Crippen molar-refractivity contribution in [3.8, 4) is 0 Å². The van der Waals surface area contributed by atoms with Gasteiger partial charge in [-0.3, -0.25) is 4.90 Å². The molecule has 0 bridgehead atoms. The van der Waals surface area contributed by atoms with E-state index in [2.05, 4.69) is 51.3 Å². The number of rotatable bonds is 1. The summed E-state index contributed by atoms with van der Waals surface area (Å²) >= 11 is 3.68. The summed E-state index contributed by atoms with van der Waals surface area (Å²) < 4.78 is 1.29. The second-order valence-electron chi connectivity index (χ2n) is 5.21. The third-order valence-corrected chi connectivity index (χ3v) is 4.77. The molecule has 0 amide bonds. The van der Waals surface area contributed by atoms with E-state index in [0.29, 0.717) is 12.1 Å². The molecule has 2 nitrogen and oxygen atoms in total. The van der Waals surface area contributed by atoms with Crippen molar-refractivity contribution in [1.82, 2.24) is 10.2 Å². The smallest absolute Gasteiger partial charge is 0.0355 e. The van der Waals surface area contributed by atoms with E-state index >= 15 is 0 Å². The molecule has 2 aliphatic rings. The number of benzene rings is 1. The predicted molar refractivity (Wildman–Crippen MR) is 74.2 cm³/mol. The van der Waals surface area contributed by atoms with Crippen molar-refractivity contribution in [2.24, 2.45) is 0 Å². The average Bonchev–Trinajstić information content (AvgIpc) is 2.74. The zero-order valence-corrected chi connectivity index (χ0v) is 11.8. The van der Waals surface area contributed by atoms with Gasteiger partial charge in [0.25, 0.3) is 0 Å². The molecule has 1 aliphatic heterocycles. The summed E-state index contributed by atoms with van der Waals surface area (Å²) in [6.07, 6.45) is 2.50. The van der Waals surface area contributed by atoms with E-state index < -0.39 is 0 Å². The lowest BCUT2D eigenvalue weighted by Gasteiger charge is -2.36. The first kappa shape index (κ1) is 11.7. The number of halogens is 1. The van der Waals surface area contributed by atoms with Crippen molar-refractivity contribution >= 4 is 15.9 Å². The maximum Gasteiger partial charge on any atom is 0.0355 e. The number of fused-ring (bicyclic) bond motifs is 1. The van der Waals surface area contributed by atoms with Crippen molar-refractivity contribution in [2.45, 2.75) is 31.8 Å². The molecule has 3 rings (SSSR count). The fourth-order valence-corrected chi connectivity index (χ4v) is 3.79. The van der Waals surface area contributed by atoms with Gasteiger partial charge in [0.1, 0.15) is 0 Å². The molecule has 92 valence electrons. The molecule has 1 aromatic rings. The average molecular weight is 295 g/mol. The highest BCUT2D eigenvalue weighted by Gasteiger charge is 2.30. The summed E-state index contributed by atoms with van der Waals surface area (Å²) in [4.78, 5) is 2.65. The van der Waals surface area contributed by atoms with E-state index in [4.69, 9.17) is 0 Å². The minimum Gasteiger partial charge on any atom is -0.312 e. The molecule has 1 heterocycles. The molecule has 1 saturated heterocycles. The predicted octanol–water partition coefficient (Wildman–Crippen LogP) is 2.73.